The third-order valence-corrected chi connectivity index (χ3v) is 5.43. The summed E-state index contributed by atoms with van der Waals surface area (Å²) >= 11 is 1.52. The molecular formula is C22H20N4O2S. The molecule has 1 amide bonds. The molecule has 4 aromatic rings. The summed E-state index contributed by atoms with van der Waals surface area (Å²) in [5, 5.41) is 16.4. The van der Waals surface area contributed by atoms with Crippen LogP contribution in [0.5, 0.6) is 5.75 Å². The van der Waals surface area contributed by atoms with Crippen molar-refractivity contribution < 1.29 is 9.90 Å². The van der Waals surface area contributed by atoms with Crippen molar-refractivity contribution in [2.45, 2.75) is 13.0 Å². The van der Waals surface area contributed by atoms with Gasteiger partial charge in [0.15, 0.2) is 5.13 Å². The van der Waals surface area contributed by atoms with Crippen molar-refractivity contribution in [3.63, 3.8) is 0 Å². The molecule has 7 heteroatoms. The molecule has 146 valence electrons. The Morgan fingerprint density at radius 1 is 1.07 bits per heavy atom. The normalized spacial score (nSPS) is 10.8. The summed E-state index contributed by atoms with van der Waals surface area (Å²) in [5.41, 5.74) is 3.63. The SMILES string of the molecule is O=C(NCCc1ccc(O)cc1)c1ccc2nc(NCc3cccnc3)sc2c1. The van der Waals surface area contributed by atoms with Gasteiger partial charge in [0.05, 0.1) is 10.2 Å². The highest BCUT2D eigenvalue weighted by molar-refractivity contribution is 7.22. The molecule has 2 heterocycles. The molecule has 0 bridgehead atoms. The van der Waals surface area contributed by atoms with Crippen molar-refractivity contribution in [1.29, 1.82) is 0 Å². The lowest BCUT2D eigenvalue weighted by Crippen LogP contribution is -2.25. The summed E-state index contributed by atoms with van der Waals surface area (Å²) in [5.74, 6) is 0.133. The second-order valence-electron chi connectivity index (χ2n) is 6.59. The van der Waals surface area contributed by atoms with Gasteiger partial charge in [0.25, 0.3) is 5.91 Å². The Bertz CT molecular complexity index is 1110. The molecule has 0 aliphatic heterocycles. The number of aromatic hydroxyl groups is 1. The first-order valence-corrected chi connectivity index (χ1v) is 10.1. The van der Waals surface area contributed by atoms with E-state index in [-0.39, 0.29) is 11.7 Å². The molecule has 2 aromatic heterocycles. The average Bonchev–Trinajstić information content (AvgIpc) is 3.16. The van der Waals surface area contributed by atoms with Crippen molar-refractivity contribution in [1.82, 2.24) is 15.3 Å². The monoisotopic (exact) mass is 404 g/mol. The van der Waals surface area contributed by atoms with E-state index in [1.807, 2.05) is 42.6 Å². The second kappa shape index (κ2) is 8.70. The Morgan fingerprint density at radius 2 is 1.93 bits per heavy atom. The van der Waals surface area contributed by atoms with Gasteiger partial charge in [0, 0.05) is 31.0 Å². The Labute approximate surface area is 172 Å². The van der Waals surface area contributed by atoms with E-state index in [0.717, 1.165) is 26.5 Å². The Balaban J connectivity index is 1.36. The van der Waals surface area contributed by atoms with Crippen molar-refractivity contribution in [3.8, 4) is 5.75 Å². The molecule has 29 heavy (non-hydrogen) atoms. The maximum Gasteiger partial charge on any atom is 0.251 e. The minimum absolute atomic E-state index is 0.107. The second-order valence-corrected chi connectivity index (χ2v) is 7.62. The molecule has 0 atom stereocenters. The van der Waals surface area contributed by atoms with Gasteiger partial charge in [-0.3, -0.25) is 9.78 Å². The number of carbonyl (C=O) groups is 1. The van der Waals surface area contributed by atoms with Crippen LogP contribution in [-0.2, 0) is 13.0 Å². The molecule has 0 radical (unpaired) electrons. The summed E-state index contributed by atoms with van der Waals surface area (Å²) in [6.45, 7) is 1.18. The summed E-state index contributed by atoms with van der Waals surface area (Å²) in [4.78, 5) is 21.1. The zero-order valence-corrected chi connectivity index (χ0v) is 16.4. The van der Waals surface area contributed by atoms with E-state index in [4.69, 9.17) is 0 Å². The Kier molecular flexibility index (Phi) is 5.67. The Morgan fingerprint density at radius 3 is 2.72 bits per heavy atom. The first kappa shape index (κ1) is 18.9. The molecule has 0 saturated heterocycles. The van der Waals surface area contributed by atoms with E-state index < -0.39 is 0 Å². The number of pyridine rings is 1. The highest BCUT2D eigenvalue weighted by Gasteiger charge is 2.09. The number of hydrogen-bond acceptors (Lipinski definition) is 6. The number of fused-ring (bicyclic) bond motifs is 1. The third-order valence-electron chi connectivity index (χ3n) is 4.45. The summed E-state index contributed by atoms with van der Waals surface area (Å²) in [6, 6.07) is 16.5. The summed E-state index contributed by atoms with van der Waals surface area (Å²) < 4.78 is 0.963. The summed E-state index contributed by atoms with van der Waals surface area (Å²) in [7, 11) is 0. The highest BCUT2D eigenvalue weighted by atomic mass is 32.1. The lowest BCUT2D eigenvalue weighted by atomic mass is 10.1. The molecule has 4 rings (SSSR count). The van der Waals surface area contributed by atoms with Gasteiger partial charge in [0.2, 0.25) is 0 Å². The molecule has 0 unspecified atom stereocenters. The minimum Gasteiger partial charge on any atom is -0.508 e. The van der Waals surface area contributed by atoms with Gasteiger partial charge < -0.3 is 15.7 Å². The quantitative estimate of drug-likeness (QED) is 0.434. The van der Waals surface area contributed by atoms with Crippen LogP contribution >= 0.6 is 11.3 Å². The predicted octanol–water partition coefficient (Wildman–Crippen LogP) is 3.98. The van der Waals surface area contributed by atoms with E-state index in [2.05, 4.69) is 20.6 Å². The fourth-order valence-electron chi connectivity index (χ4n) is 2.91. The molecule has 0 aliphatic carbocycles. The van der Waals surface area contributed by atoms with Crippen LogP contribution in [0.1, 0.15) is 21.5 Å². The number of rotatable bonds is 7. The number of phenolic OH excluding ortho intramolecular Hbond substituents is 1. The van der Waals surface area contributed by atoms with Crippen LogP contribution in [0.3, 0.4) is 0 Å². The number of amides is 1. The van der Waals surface area contributed by atoms with E-state index in [1.54, 1.807) is 24.4 Å². The molecule has 6 nitrogen and oxygen atoms in total. The number of aromatic nitrogens is 2. The number of nitrogens with one attached hydrogen (secondary N) is 2. The molecule has 0 aliphatic rings. The van der Waals surface area contributed by atoms with Gasteiger partial charge in [-0.1, -0.05) is 29.5 Å². The van der Waals surface area contributed by atoms with Gasteiger partial charge in [-0.2, -0.15) is 0 Å². The van der Waals surface area contributed by atoms with Gasteiger partial charge in [-0.05, 0) is 53.9 Å². The minimum atomic E-state index is -0.107. The zero-order valence-electron chi connectivity index (χ0n) is 15.6. The van der Waals surface area contributed by atoms with Crippen LogP contribution in [0.15, 0.2) is 67.0 Å². The number of phenols is 1. The fraction of sp³-hybridized carbons (Fsp3) is 0.136. The molecular weight excluding hydrogens is 384 g/mol. The number of hydrogen-bond donors (Lipinski definition) is 3. The topological polar surface area (TPSA) is 87.1 Å². The van der Waals surface area contributed by atoms with Crippen LogP contribution in [0.2, 0.25) is 0 Å². The van der Waals surface area contributed by atoms with Crippen LogP contribution in [0, 0.1) is 0 Å². The van der Waals surface area contributed by atoms with Crippen LogP contribution in [0.25, 0.3) is 10.2 Å². The molecule has 0 spiro atoms. The van der Waals surface area contributed by atoms with E-state index in [9.17, 15) is 9.90 Å². The summed E-state index contributed by atoms with van der Waals surface area (Å²) in [6.07, 6.45) is 4.27. The lowest BCUT2D eigenvalue weighted by Gasteiger charge is -2.05. The van der Waals surface area contributed by atoms with Crippen molar-refractivity contribution >= 4 is 32.6 Å². The van der Waals surface area contributed by atoms with E-state index in [1.165, 1.54) is 11.3 Å². The van der Waals surface area contributed by atoms with Crippen molar-refractivity contribution in [2.75, 3.05) is 11.9 Å². The first-order valence-electron chi connectivity index (χ1n) is 9.27. The van der Waals surface area contributed by atoms with Crippen LogP contribution in [0.4, 0.5) is 5.13 Å². The number of benzene rings is 2. The fourth-order valence-corrected chi connectivity index (χ4v) is 3.81. The van der Waals surface area contributed by atoms with E-state index in [0.29, 0.717) is 25.1 Å². The maximum atomic E-state index is 12.5. The molecule has 0 fully saturated rings. The van der Waals surface area contributed by atoms with E-state index >= 15 is 0 Å². The van der Waals surface area contributed by atoms with Gasteiger partial charge in [-0.15, -0.1) is 0 Å². The largest absolute Gasteiger partial charge is 0.508 e. The number of carbonyl (C=O) groups excluding carboxylic acids is 1. The lowest BCUT2D eigenvalue weighted by molar-refractivity contribution is 0.0954. The number of anilines is 1. The maximum absolute atomic E-state index is 12.5. The van der Waals surface area contributed by atoms with Gasteiger partial charge >= 0.3 is 0 Å². The van der Waals surface area contributed by atoms with Crippen LogP contribution < -0.4 is 10.6 Å². The third kappa shape index (κ3) is 4.89. The standard InChI is InChI=1S/C22H20N4O2S/c27-18-6-3-15(4-7-18)9-11-24-21(28)17-5-8-19-20(12-17)29-22(26-19)25-14-16-2-1-10-23-13-16/h1-8,10,12-13,27H,9,11,14H2,(H,24,28)(H,25,26). The highest BCUT2D eigenvalue weighted by Crippen LogP contribution is 2.27. The average molecular weight is 404 g/mol. The molecule has 0 saturated carbocycles. The predicted molar refractivity (Wildman–Crippen MR) is 115 cm³/mol. The van der Waals surface area contributed by atoms with Gasteiger partial charge in [0.1, 0.15) is 5.75 Å². The van der Waals surface area contributed by atoms with Gasteiger partial charge in [-0.25, -0.2) is 4.98 Å². The number of thiazole rings is 1. The zero-order chi connectivity index (χ0) is 20.1. The Hall–Kier alpha value is -3.45. The molecule has 2 aromatic carbocycles. The van der Waals surface area contributed by atoms with Crippen molar-refractivity contribution in [2.24, 2.45) is 0 Å². The van der Waals surface area contributed by atoms with Crippen LogP contribution in [-0.4, -0.2) is 27.5 Å². The number of nitrogens with zero attached hydrogens (tertiary/aromatic N) is 2. The first-order chi connectivity index (χ1) is 14.2. The van der Waals surface area contributed by atoms with Crippen molar-refractivity contribution in [3.05, 3.63) is 83.7 Å². The molecule has 3 N–H and O–H groups in total. The smallest absolute Gasteiger partial charge is 0.251 e.